The molecular formula is C8H6F3NO. The number of hydrogen-bond acceptors (Lipinski definition) is 2. The number of rotatable bonds is 2. The quantitative estimate of drug-likeness (QED) is 0.716. The van der Waals surface area contributed by atoms with E-state index < -0.39 is 12.4 Å². The van der Waals surface area contributed by atoms with Crippen molar-refractivity contribution in [3.05, 3.63) is 30.1 Å². The molecule has 0 heterocycles. The predicted molar refractivity (Wildman–Crippen MR) is 39.7 cm³/mol. The van der Waals surface area contributed by atoms with Gasteiger partial charge in [-0.1, -0.05) is 6.07 Å². The number of benzene rings is 1. The van der Waals surface area contributed by atoms with Gasteiger partial charge in [0.1, 0.15) is 11.6 Å². The minimum atomic E-state index is -2.91. The lowest BCUT2D eigenvalue weighted by atomic mass is 10.3. The van der Waals surface area contributed by atoms with Crippen LogP contribution in [0.3, 0.4) is 0 Å². The minimum absolute atomic E-state index is 0.167. The molecule has 0 saturated carbocycles. The zero-order valence-electron chi connectivity index (χ0n) is 6.45. The van der Waals surface area contributed by atoms with Crippen molar-refractivity contribution in [3.63, 3.8) is 0 Å². The van der Waals surface area contributed by atoms with E-state index in [9.17, 15) is 13.2 Å². The third-order valence-electron chi connectivity index (χ3n) is 1.02. The summed E-state index contributed by atoms with van der Waals surface area (Å²) in [5, 5.41) is 6.50. The van der Waals surface area contributed by atoms with Gasteiger partial charge >= 0.3 is 6.61 Å². The van der Waals surface area contributed by atoms with E-state index >= 15 is 0 Å². The van der Waals surface area contributed by atoms with Crippen molar-refractivity contribution in [1.82, 2.24) is 0 Å². The Bertz CT molecular complexity index is 275. The van der Waals surface area contributed by atoms with Crippen molar-refractivity contribution in [3.8, 4) is 12.3 Å². The lowest BCUT2D eigenvalue weighted by Crippen LogP contribution is -2.01. The van der Waals surface area contributed by atoms with E-state index in [0.717, 1.165) is 12.1 Å². The van der Waals surface area contributed by atoms with Gasteiger partial charge in [0.05, 0.1) is 0 Å². The SMILES string of the molecule is C#N.Fc1cccc(OC(F)F)c1. The summed E-state index contributed by atoms with van der Waals surface area (Å²) in [7, 11) is 0. The second-order valence-corrected chi connectivity index (χ2v) is 1.84. The Balaban J connectivity index is 0.000000671. The van der Waals surface area contributed by atoms with Crippen molar-refractivity contribution in [2.24, 2.45) is 0 Å². The molecule has 1 rings (SSSR count). The van der Waals surface area contributed by atoms with Gasteiger partial charge in [-0.15, -0.1) is 0 Å². The molecule has 0 saturated heterocycles. The van der Waals surface area contributed by atoms with E-state index in [2.05, 4.69) is 11.3 Å². The van der Waals surface area contributed by atoms with Gasteiger partial charge in [-0.3, -0.25) is 0 Å². The predicted octanol–water partition coefficient (Wildman–Crippen LogP) is 2.57. The summed E-state index contributed by atoms with van der Waals surface area (Å²) >= 11 is 0. The highest BCUT2D eigenvalue weighted by Crippen LogP contribution is 2.14. The van der Waals surface area contributed by atoms with Crippen LogP contribution in [0.25, 0.3) is 0 Å². The van der Waals surface area contributed by atoms with Gasteiger partial charge in [-0.05, 0) is 12.1 Å². The van der Waals surface area contributed by atoms with Gasteiger partial charge < -0.3 is 4.74 Å². The standard InChI is InChI=1S/C7H5F3O.CHN/c8-5-2-1-3-6(4-5)11-7(9)10;1-2/h1-4,7H;1H. The molecule has 2 nitrogen and oxygen atoms in total. The fraction of sp³-hybridized carbons (Fsp3) is 0.125. The molecule has 0 bridgehead atoms. The van der Waals surface area contributed by atoms with Crippen LogP contribution in [-0.2, 0) is 0 Å². The fourth-order valence-electron chi connectivity index (χ4n) is 0.643. The Morgan fingerprint density at radius 3 is 2.38 bits per heavy atom. The van der Waals surface area contributed by atoms with Gasteiger partial charge in [-0.25, -0.2) is 9.65 Å². The molecule has 0 radical (unpaired) electrons. The molecule has 13 heavy (non-hydrogen) atoms. The first-order chi connectivity index (χ1) is 6.18. The Hall–Kier alpha value is -1.70. The van der Waals surface area contributed by atoms with Gasteiger partial charge in [-0.2, -0.15) is 8.78 Å². The van der Waals surface area contributed by atoms with Crippen molar-refractivity contribution < 1.29 is 17.9 Å². The fourth-order valence-corrected chi connectivity index (χ4v) is 0.643. The van der Waals surface area contributed by atoms with Crippen molar-refractivity contribution in [1.29, 1.82) is 5.26 Å². The number of ether oxygens (including phenoxy) is 1. The first kappa shape index (κ1) is 11.3. The lowest BCUT2D eigenvalue weighted by molar-refractivity contribution is -0.0499. The molecule has 0 N–H and O–H groups in total. The summed E-state index contributed by atoms with van der Waals surface area (Å²) in [5.41, 5.74) is 0. The van der Waals surface area contributed by atoms with E-state index in [4.69, 9.17) is 5.26 Å². The normalized spacial score (nSPS) is 8.77. The van der Waals surface area contributed by atoms with E-state index in [1.165, 1.54) is 12.1 Å². The molecule has 0 fully saturated rings. The Morgan fingerprint density at radius 2 is 1.92 bits per heavy atom. The first-order valence-electron chi connectivity index (χ1n) is 3.14. The summed E-state index contributed by atoms with van der Waals surface area (Å²) in [6.45, 7) is 0.594. The van der Waals surface area contributed by atoms with Gasteiger partial charge in [0.15, 0.2) is 0 Å². The molecule has 0 atom stereocenters. The highest BCUT2D eigenvalue weighted by Gasteiger charge is 2.03. The van der Waals surface area contributed by atoms with Crippen LogP contribution in [0.5, 0.6) is 5.75 Å². The van der Waals surface area contributed by atoms with Gasteiger partial charge in [0.25, 0.3) is 0 Å². The lowest BCUT2D eigenvalue weighted by Gasteiger charge is -2.02. The first-order valence-corrected chi connectivity index (χ1v) is 3.14. The number of halogens is 3. The number of hydrogen-bond donors (Lipinski definition) is 0. The average molecular weight is 189 g/mol. The minimum Gasteiger partial charge on any atom is -0.435 e. The second kappa shape index (κ2) is 5.89. The summed E-state index contributed by atoms with van der Waals surface area (Å²) in [5.74, 6) is -0.761. The van der Waals surface area contributed by atoms with Crippen LogP contribution in [0.1, 0.15) is 0 Å². The Kier molecular flexibility index (Phi) is 5.12. The van der Waals surface area contributed by atoms with Crippen LogP contribution in [-0.4, -0.2) is 6.61 Å². The molecule has 5 heteroatoms. The number of alkyl halides is 2. The van der Waals surface area contributed by atoms with E-state index in [0.29, 0.717) is 0 Å². The topological polar surface area (TPSA) is 33.0 Å². The molecule has 1 aromatic carbocycles. The van der Waals surface area contributed by atoms with Crippen molar-refractivity contribution >= 4 is 0 Å². The number of nitriles is 1. The summed E-state index contributed by atoms with van der Waals surface area (Å²) in [4.78, 5) is 0. The van der Waals surface area contributed by atoms with Gasteiger partial charge in [0, 0.05) is 12.6 Å². The second-order valence-electron chi connectivity index (χ2n) is 1.84. The molecule has 1 aromatic rings. The van der Waals surface area contributed by atoms with Crippen LogP contribution in [0, 0.1) is 17.7 Å². The smallest absolute Gasteiger partial charge is 0.387 e. The molecule has 0 aromatic heterocycles. The largest absolute Gasteiger partial charge is 0.435 e. The zero-order chi connectivity index (χ0) is 10.3. The molecule has 0 aliphatic carbocycles. The van der Waals surface area contributed by atoms with Crippen molar-refractivity contribution in [2.75, 3.05) is 0 Å². The number of nitrogens with zero attached hydrogens (tertiary/aromatic N) is 1. The maximum Gasteiger partial charge on any atom is 0.387 e. The third-order valence-corrected chi connectivity index (χ3v) is 1.02. The zero-order valence-corrected chi connectivity index (χ0v) is 6.45. The monoisotopic (exact) mass is 189 g/mol. The maximum atomic E-state index is 12.3. The molecule has 0 spiro atoms. The molecule has 0 aliphatic rings. The van der Waals surface area contributed by atoms with Crippen LogP contribution in [0.2, 0.25) is 0 Å². The molecule has 70 valence electrons. The Labute approximate surface area is 73.2 Å². The molecule has 0 unspecified atom stereocenters. The highest BCUT2D eigenvalue weighted by atomic mass is 19.3. The average Bonchev–Trinajstić information content (AvgIpc) is 2.06. The van der Waals surface area contributed by atoms with E-state index in [1.54, 1.807) is 0 Å². The summed E-state index contributed by atoms with van der Waals surface area (Å²) in [6, 6.07) is 4.60. The van der Waals surface area contributed by atoms with Gasteiger partial charge in [0.2, 0.25) is 0 Å². The molecule has 0 amide bonds. The summed E-state index contributed by atoms with van der Waals surface area (Å²) in [6.07, 6.45) is 0. The van der Waals surface area contributed by atoms with Crippen LogP contribution in [0.15, 0.2) is 24.3 Å². The van der Waals surface area contributed by atoms with Crippen LogP contribution >= 0.6 is 0 Å². The van der Waals surface area contributed by atoms with Crippen LogP contribution < -0.4 is 4.74 Å². The van der Waals surface area contributed by atoms with Crippen LogP contribution in [0.4, 0.5) is 13.2 Å². The van der Waals surface area contributed by atoms with E-state index in [-0.39, 0.29) is 5.75 Å². The molecular weight excluding hydrogens is 183 g/mol. The van der Waals surface area contributed by atoms with E-state index in [1.807, 2.05) is 0 Å². The third kappa shape index (κ3) is 4.69. The maximum absolute atomic E-state index is 12.3. The van der Waals surface area contributed by atoms with Crippen molar-refractivity contribution in [2.45, 2.75) is 6.61 Å². The highest BCUT2D eigenvalue weighted by molar-refractivity contribution is 5.22. The Morgan fingerprint density at radius 1 is 1.31 bits per heavy atom. The molecule has 0 aliphatic heterocycles. The summed E-state index contributed by atoms with van der Waals surface area (Å²) < 4.78 is 39.2.